The Morgan fingerprint density at radius 1 is 0.200 bits per heavy atom. The summed E-state index contributed by atoms with van der Waals surface area (Å²) in [5, 5.41) is 0. The molecule has 9 heteroatoms. The van der Waals surface area contributed by atoms with E-state index in [1.54, 1.807) is 0 Å². The summed E-state index contributed by atoms with van der Waals surface area (Å²) in [7, 11) is -7.93. The molecular formula is C36H88O4Si4Ti. The Kier molecular flexibility index (Phi) is 29.5. The maximum absolute atomic E-state index is 10.4. The molecule has 0 spiro atoms. The van der Waals surface area contributed by atoms with Gasteiger partial charge in [0.25, 0.3) is 0 Å². The first-order chi connectivity index (χ1) is 19.3. The van der Waals surface area contributed by atoms with E-state index in [4.69, 9.17) is 0 Å². The minimum Gasteiger partial charge on any atom is -0.431 e. The van der Waals surface area contributed by atoms with E-state index in [0.29, 0.717) is 66.5 Å². The van der Waals surface area contributed by atoms with Crippen molar-refractivity contribution in [2.24, 2.45) is 0 Å². The maximum Gasteiger partial charge on any atom is 0.196 e. The predicted octanol–water partition coefficient (Wildman–Crippen LogP) is 12.6. The Hall–Kier alpha value is 1.42. The molecule has 0 aliphatic rings. The second-order valence-corrected chi connectivity index (χ2v) is 38.4. The van der Waals surface area contributed by atoms with Crippen LogP contribution in [0.1, 0.15) is 166 Å². The quantitative estimate of drug-likeness (QED) is 0.150. The zero-order chi connectivity index (χ0) is 36.9. The van der Waals surface area contributed by atoms with Crippen molar-refractivity contribution in [2.45, 2.75) is 233 Å². The Labute approximate surface area is 305 Å². The molecule has 0 aliphatic heterocycles. The zero-order valence-electron chi connectivity index (χ0n) is 35.2. The van der Waals surface area contributed by atoms with E-state index in [2.05, 4.69) is 166 Å². The van der Waals surface area contributed by atoms with E-state index < -0.39 is 33.3 Å². The molecule has 0 rings (SSSR count). The molecule has 4 N–H and O–H groups in total. The van der Waals surface area contributed by atoms with Crippen LogP contribution in [-0.4, -0.2) is 52.5 Å². The minimum absolute atomic E-state index is 0. The van der Waals surface area contributed by atoms with Crippen molar-refractivity contribution >= 4 is 33.3 Å². The molecule has 4 nitrogen and oxygen atoms in total. The van der Waals surface area contributed by atoms with Crippen molar-refractivity contribution in [3.05, 3.63) is 0 Å². The van der Waals surface area contributed by atoms with E-state index in [9.17, 15) is 19.2 Å². The van der Waals surface area contributed by atoms with Gasteiger partial charge in [-0.05, 0) is 66.5 Å². The van der Waals surface area contributed by atoms with Gasteiger partial charge in [-0.15, -0.1) is 0 Å². The van der Waals surface area contributed by atoms with E-state index in [0.717, 1.165) is 0 Å². The van der Waals surface area contributed by atoms with Gasteiger partial charge in [0.2, 0.25) is 0 Å². The summed E-state index contributed by atoms with van der Waals surface area (Å²) in [4.78, 5) is 41.5. The summed E-state index contributed by atoms with van der Waals surface area (Å²) >= 11 is 0. The van der Waals surface area contributed by atoms with Crippen molar-refractivity contribution in [2.75, 3.05) is 0 Å². The maximum atomic E-state index is 10.4. The fraction of sp³-hybridized carbons (Fsp3) is 1.00. The first kappa shape index (κ1) is 55.8. The molecule has 0 radical (unpaired) electrons. The van der Waals surface area contributed by atoms with Gasteiger partial charge in [-0.25, -0.2) is 0 Å². The van der Waals surface area contributed by atoms with E-state index >= 15 is 0 Å². The molecule has 0 amide bonds. The normalized spacial score (nSPS) is 13.3. The van der Waals surface area contributed by atoms with Crippen LogP contribution in [0.3, 0.4) is 0 Å². The van der Waals surface area contributed by atoms with Crippen molar-refractivity contribution in [3.8, 4) is 0 Å². The minimum atomic E-state index is -1.98. The van der Waals surface area contributed by atoms with Gasteiger partial charge in [-0.2, -0.15) is 0 Å². The molecule has 45 heavy (non-hydrogen) atoms. The second-order valence-electron chi connectivity index (χ2n) is 17.4. The first-order valence-corrected chi connectivity index (χ1v) is 26.9. The van der Waals surface area contributed by atoms with Crippen LogP contribution in [0.2, 0.25) is 66.5 Å². The van der Waals surface area contributed by atoms with Crippen molar-refractivity contribution in [1.82, 2.24) is 0 Å². The summed E-state index contributed by atoms with van der Waals surface area (Å²) in [6.07, 6.45) is 0. The van der Waals surface area contributed by atoms with Crippen LogP contribution in [0.25, 0.3) is 0 Å². The number of hydrogen-bond acceptors (Lipinski definition) is 4. The zero-order valence-corrected chi connectivity index (χ0v) is 40.8. The molecule has 0 fully saturated rings. The molecule has 0 saturated carbocycles. The van der Waals surface area contributed by atoms with E-state index in [-0.39, 0.29) is 21.7 Å². The summed E-state index contributed by atoms with van der Waals surface area (Å²) < 4.78 is 0. The van der Waals surface area contributed by atoms with Gasteiger partial charge in [0, 0.05) is 21.7 Å². The standard InChI is InChI=1S/4C9H22OSi.Ti/c4*1-7(2)11(10,8(3)4)9(5)6;/h4*7-10H,1-6H3;. The largest absolute Gasteiger partial charge is 0.431 e. The Morgan fingerprint density at radius 2 is 0.244 bits per heavy atom. The molecule has 0 atom stereocenters. The van der Waals surface area contributed by atoms with Crippen LogP contribution in [0.4, 0.5) is 0 Å². The van der Waals surface area contributed by atoms with Gasteiger partial charge in [-0.3, -0.25) is 0 Å². The molecule has 0 aromatic carbocycles. The summed E-state index contributed by atoms with van der Waals surface area (Å²) in [5.41, 5.74) is 5.69. The summed E-state index contributed by atoms with van der Waals surface area (Å²) in [5.74, 6) is 0. The third kappa shape index (κ3) is 15.9. The van der Waals surface area contributed by atoms with E-state index in [1.807, 2.05) is 0 Å². The SMILES string of the molecule is CC(C)[Si](O)(C(C)C)C(C)C.CC(C)[Si](O)(C(C)C)C(C)C.CC(C)[Si](O)(C(C)C)C(C)C.CC(C)[Si](O)(C(C)C)C(C)C.[Ti]. The molecule has 0 bridgehead atoms. The Morgan fingerprint density at radius 3 is 0.244 bits per heavy atom. The Balaban J connectivity index is -0.000000157. The molecule has 0 aromatic heterocycles. The fourth-order valence-electron chi connectivity index (χ4n) is 8.00. The van der Waals surface area contributed by atoms with E-state index in [1.165, 1.54) is 0 Å². The molecule has 276 valence electrons. The fourth-order valence-corrected chi connectivity index (χ4v) is 24.0. The molecule has 0 heterocycles. The van der Waals surface area contributed by atoms with Crippen LogP contribution in [0, 0.1) is 0 Å². The van der Waals surface area contributed by atoms with Crippen molar-refractivity contribution < 1.29 is 40.9 Å². The van der Waals surface area contributed by atoms with Gasteiger partial charge in [-0.1, -0.05) is 166 Å². The average molecular weight is 745 g/mol. The summed E-state index contributed by atoms with van der Waals surface area (Å²) in [6.45, 7) is 51.5. The van der Waals surface area contributed by atoms with Gasteiger partial charge in [0.1, 0.15) is 0 Å². The predicted molar refractivity (Wildman–Crippen MR) is 213 cm³/mol. The van der Waals surface area contributed by atoms with Crippen LogP contribution in [-0.2, 0) is 21.7 Å². The third-order valence-electron chi connectivity index (χ3n) is 11.1. The number of rotatable bonds is 12. The van der Waals surface area contributed by atoms with Crippen LogP contribution >= 0.6 is 0 Å². The molecule has 0 aromatic rings. The van der Waals surface area contributed by atoms with Gasteiger partial charge in [0.05, 0.1) is 0 Å². The average Bonchev–Trinajstić information content (AvgIpc) is 2.85. The van der Waals surface area contributed by atoms with Gasteiger partial charge >= 0.3 is 0 Å². The summed E-state index contributed by atoms with van der Waals surface area (Å²) in [6, 6.07) is 0. The topological polar surface area (TPSA) is 80.9 Å². The second kappa shape index (κ2) is 23.8. The van der Waals surface area contributed by atoms with Crippen molar-refractivity contribution in [3.63, 3.8) is 0 Å². The first-order valence-electron chi connectivity index (χ1n) is 18.2. The monoisotopic (exact) mass is 745 g/mol. The smallest absolute Gasteiger partial charge is 0.196 e. The van der Waals surface area contributed by atoms with Crippen LogP contribution in [0.15, 0.2) is 0 Å². The third-order valence-corrected chi connectivity index (χ3v) is 33.3. The van der Waals surface area contributed by atoms with Gasteiger partial charge in [0.15, 0.2) is 33.3 Å². The molecule has 0 saturated heterocycles. The number of hydrogen-bond donors (Lipinski definition) is 4. The molecular weight excluding hydrogens is 657 g/mol. The molecule has 0 unspecified atom stereocenters. The van der Waals surface area contributed by atoms with Crippen LogP contribution in [0.5, 0.6) is 0 Å². The molecule has 0 aliphatic carbocycles. The van der Waals surface area contributed by atoms with Gasteiger partial charge < -0.3 is 19.2 Å². The van der Waals surface area contributed by atoms with Crippen LogP contribution < -0.4 is 0 Å². The Bertz CT molecular complexity index is 515. The van der Waals surface area contributed by atoms with Crippen molar-refractivity contribution in [1.29, 1.82) is 0 Å².